The molecule has 0 unspecified atom stereocenters. The molecule has 0 radical (unpaired) electrons. The summed E-state index contributed by atoms with van der Waals surface area (Å²) in [7, 11) is 0. The van der Waals surface area contributed by atoms with Crippen molar-refractivity contribution in [2.45, 2.75) is 39.8 Å². The van der Waals surface area contributed by atoms with E-state index < -0.39 is 0 Å². The number of carbonyl (C=O) groups excluding carboxylic acids is 1. The molecule has 2 rings (SSSR count). The fourth-order valence-corrected chi connectivity index (χ4v) is 2.56. The Labute approximate surface area is 132 Å². The average Bonchev–Trinajstić information content (AvgIpc) is 2.99. The first-order valence-corrected chi connectivity index (χ1v) is 7.95. The highest BCUT2D eigenvalue weighted by Gasteiger charge is 2.29. The van der Waals surface area contributed by atoms with Crippen molar-refractivity contribution in [1.82, 2.24) is 19.4 Å². The Balaban J connectivity index is 1.83. The summed E-state index contributed by atoms with van der Waals surface area (Å²) in [4.78, 5) is 20.6. The van der Waals surface area contributed by atoms with Crippen LogP contribution in [0.5, 0.6) is 0 Å². The van der Waals surface area contributed by atoms with Gasteiger partial charge in [-0.1, -0.05) is 20.8 Å². The quantitative estimate of drug-likeness (QED) is 0.901. The molecule has 6 nitrogen and oxygen atoms in total. The van der Waals surface area contributed by atoms with Crippen LogP contribution in [-0.2, 0) is 4.79 Å². The highest BCUT2D eigenvalue weighted by molar-refractivity contribution is 5.80. The Kier molecular flexibility index (Phi) is 5.24. The molecule has 22 heavy (non-hydrogen) atoms. The molecule has 1 saturated heterocycles. The Morgan fingerprint density at radius 2 is 1.91 bits per heavy atom. The SMILES string of the molecule is C[C@@H](C(=O)N1CCN(C[C@@H](O)C(C)(C)C)CC1)n1ccnc1. The zero-order chi connectivity index (χ0) is 16.3. The second kappa shape index (κ2) is 6.79. The number of rotatable bonds is 4. The summed E-state index contributed by atoms with van der Waals surface area (Å²) in [6, 6.07) is -0.214. The number of aliphatic hydroxyl groups excluding tert-OH is 1. The van der Waals surface area contributed by atoms with Gasteiger partial charge in [0.1, 0.15) is 6.04 Å². The maximum Gasteiger partial charge on any atom is 0.245 e. The summed E-state index contributed by atoms with van der Waals surface area (Å²) in [6.07, 6.45) is 4.84. The van der Waals surface area contributed by atoms with Gasteiger partial charge in [-0.05, 0) is 12.3 Å². The van der Waals surface area contributed by atoms with Crippen molar-refractivity contribution in [3.8, 4) is 0 Å². The van der Waals surface area contributed by atoms with Gasteiger partial charge in [-0.25, -0.2) is 4.98 Å². The number of hydrogen-bond donors (Lipinski definition) is 1. The van der Waals surface area contributed by atoms with Gasteiger partial charge in [-0.3, -0.25) is 9.69 Å². The molecule has 2 atom stereocenters. The first-order chi connectivity index (χ1) is 10.3. The van der Waals surface area contributed by atoms with E-state index in [1.165, 1.54) is 0 Å². The van der Waals surface area contributed by atoms with Crippen molar-refractivity contribution in [3.05, 3.63) is 18.7 Å². The minimum absolute atomic E-state index is 0.108. The van der Waals surface area contributed by atoms with E-state index in [0.29, 0.717) is 19.6 Å². The fraction of sp³-hybridized carbons (Fsp3) is 0.750. The second-order valence-electron chi connectivity index (χ2n) is 7.19. The van der Waals surface area contributed by atoms with Crippen molar-refractivity contribution in [3.63, 3.8) is 0 Å². The predicted molar refractivity (Wildman–Crippen MR) is 85.4 cm³/mol. The van der Waals surface area contributed by atoms with E-state index in [1.807, 2.05) is 43.4 Å². The molecule has 1 aromatic rings. The monoisotopic (exact) mass is 308 g/mol. The first-order valence-electron chi connectivity index (χ1n) is 7.95. The molecule has 6 heteroatoms. The van der Waals surface area contributed by atoms with E-state index in [2.05, 4.69) is 9.88 Å². The lowest BCUT2D eigenvalue weighted by molar-refractivity contribution is -0.136. The van der Waals surface area contributed by atoms with Crippen LogP contribution in [0.25, 0.3) is 0 Å². The van der Waals surface area contributed by atoms with Gasteiger partial charge < -0.3 is 14.6 Å². The molecule has 1 fully saturated rings. The molecule has 0 aliphatic carbocycles. The lowest BCUT2D eigenvalue weighted by Gasteiger charge is -2.38. The van der Waals surface area contributed by atoms with Crippen molar-refractivity contribution in [1.29, 1.82) is 0 Å². The van der Waals surface area contributed by atoms with Crippen LogP contribution in [0.3, 0.4) is 0 Å². The number of nitrogens with zero attached hydrogens (tertiary/aromatic N) is 4. The van der Waals surface area contributed by atoms with Gasteiger partial charge in [-0.15, -0.1) is 0 Å². The summed E-state index contributed by atoms with van der Waals surface area (Å²) in [5, 5.41) is 10.2. The molecule has 124 valence electrons. The topological polar surface area (TPSA) is 61.6 Å². The largest absolute Gasteiger partial charge is 0.391 e. The number of aliphatic hydroxyl groups is 1. The molecular formula is C16H28N4O2. The van der Waals surface area contributed by atoms with Crippen LogP contribution in [0.15, 0.2) is 18.7 Å². The van der Waals surface area contributed by atoms with Gasteiger partial charge in [0.05, 0.1) is 12.4 Å². The van der Waals surface area contributed by atoms with Crippen molar-refractivity contribution in [2.75, 3.05) is 32.7 Å². The van der Waals surface area contributed by atoms with Crippen molar-refractivity contribution >= 4 is 5.91 Å². The van der Waals surface area contributed by atoms with E-state index in [9.17, 15) is 9.90 Å². The van der Waals surface area contributed by atoms with Crippen molar-refractivity contribution in [2.24, 2.45) is 5.41 Å². The number of imidazole rings is 1. The Morgan fingerprint density at radius 3 is 2.41 bits per heavy atom. The molecule has 1 aliphatic rings. The molecule has 1 amide bonds. The minimum Gasteiger partial charge on any atom is -0.391 e. The van der Waals surface area contributed by atoms with E-state index in [0.717, 1.165) is 13.1 Å². The maximum atomic E-state index is 12.5. The minimum atomic E-state index is -0.348. The molecule has 1 N–H and O–H groups in total. The Hall–Kier alpha value is -1.40. The second-order valence-corrected chi connectivity index (χ2v) is 7.19. The van der Waals surface area contributed by atoms with Gasteiger partial charge in [-0.2, -0.15) is 0 Å². The molecule has 0 aromatic carbocycles. The third kappa shape index (κ3) is 4.08. The Morgan fingerprint density at radius 1 is 1.27 bits per heavy atom. The molecule has 0 bridgehead atoms. The molecular weight excluding hydrogens is 280 g/mol. The number of carbonyl (C=O) groups is 1. The number of hydrogen-bond acceptors (Lipinski definition) is 4. The Bertz CT molecular complexity index is 473. The van der Waals surface area contributed by atoms with Crippen LogP contribution in [0.1, 0.15) is 33.7 Å². The van der Waals surface area contributed by atoms with E-state index in [1.54, 1.807) is 12.5 Å². The van der Waals surface area contributed by atoms with Crippen LogP contribution in [0.2, 0.25) is 0 Å². The van der Waals surface area contributed by atoms with E-state index in [4.69, 9.17) is 0 Å². The first kappa shape index (κ1) is 17.0. The van der Waals surface area contributed by atoms with Crippen LogP contribution in [0, 0.1) is 5.41 Å². The van der Waals surface area contributed by atoms with Gasteiger partial charge in [0.15, 0.2) is 0 Å². The zero-order valence-electron chi connectivity index (χ0n) is 14.1. The summed E-state index contributed by atoms with van der Waals surface area (Å²) in [5.41, 5.74) is -0.108. The molecule has 2 heterocycles. The number of aromatic nitrogens is 2. The normalized spacial score (nSPS) is 20.0. The molecule has 0 spiro atoms. The smallest absolute Gasteiger partial charge is 0.245 e. The highest BCUT2D eigenvalue weighted by Crippen LogP contribution is 2.20. The average molecular weight is 308 g/mol. The van der Waals surface area contributed by atoms with Crippen molar-refractivity contribution < 1.29 is 9.90 Å². The van der Waals surface area contributed by atoms with Gasteiger partial charge >= 0.3 is 0 Å². The maximum absolute atomic E-state index is 12.5. The lowest BCUT2D eigenvalue weighted by atomic mass is 9.89. The number of piperazine rings is 1. The molecule has 1 aromatic heterocycles. The van der Waals surface area contributed by atoms with Gasteiger partial charge in [0.2, 0.25) is 5.91 Å². The fourth-order valence-electron chi connectivity index (χ4n) is 2.56. The summed E-state index contributed by atoms with van der Waals surface area (Å²) in [5.74, 6) is 0.133. The van der Waals surface area contributed by atoms with Crippen LogP contribution < -0.4 is 0 Å². The van der Waals surface area contributed by atoms with Crippen LogP contribution >= 0.6 is 0 Å². The standard InChI is InChI=1S/C16H28N4O2/c1-13(20-6-5-17-12-20)15(22)19-9-7-18(8-10-19)11-14(21)16(2,3)4/h5-6,12-14,21H,7-11H2,1-4H3/t13-,14+/m0/s1. The van der Waals surface area contributed by atoms with Crippen LogP contribution in [-0.4, -0.2) is 69.2 Å². The molecule has 0 saturated carbocycles. The lowest BCUT2D eigenvalue weighted by Crippen LogP contribution is -2.52. The van der Waals surface area contributed by atoms with Gasteiger partial charge in [0.25, 0.3) is 0 Å². The summed E-state index contributed by atoms with van der Waals surface area (Å²) >= 11 is 0. The number of amides is 1. The molecule has 1 aliphatic heterocycles. The van der Waals surface area contributed by atoms with Crippen LogP contribution in [0.4, 0.5) is 0 Å². The van der Waals surface area contributed by atoms with Gasteiger partial charge in [0, 0.05) is 45.1 Å². The summed E-state index contributed by atoms with van der Waals surface area (Å²) in [6.45, 7) is 11.8. The third-order valence-electron chi connectivity index (χ3n) is 4.44. The van der Waals surface area contributed by atoms with E-state index in [-0.39, 0.29) is 23.5 Å². The zero-order valence-corrected chi connectivity index (χ0v) is 14.1. The summed E-state index contributed by atoms with van der Waals surface area (Å²) < 4.78 is 1.83. The third-order valence-corrected chi connectivity index (χ3v) is 4.44. The predicted octanol–water partition coefficient (Wildman–Crippen LogP) is 0.995. The highest BCUT2D eigenvalue weighted by atomic mass is 16.3. The number of β-amino-alcohol motifs (C(OH)–C–C–N with tert-alkyl or cyclic N) is 1. The van der Waals surface area contributed by atoms with E-state index >= 15 is 0 Å².